The molecule has 3 atom stereocenters. The molecule has 27 heavy (non-hydrogen) atoms. The van der Waals surface area contributed by atoms with E-state index in [2.05, 4.69) is 31.9 Å². The van der Waals surface area contributed by atoms with E-state index in [0.29, 0.717) is 6.54 Å². The number of nitrogens with one attached hydrogen (secondary N) is 1. The average Bonchev–Trinajstić information content (AvgIpc) is 3.40. The van der Waals surface area contributed by atoms with E-state index in [-0.39, 0.29) is 0 Å². The van der Waals surface area contributed by atoms with E-state index in [9.17, 15) is 0 Å². The van der Waals surface area contributed by atoms with Crippen LogP contribution in [0.25, 0.3) is 0 Å². The number of guanidine groups is 1. The second-order valence-corrected chi connectivity index (χ2v) is 8.30. The fraction of sp³-hybridized carbons (Fsp3) is 0.750. The molecule has 3 unspecified atom stereocenters. The largest absolute Gasteiger partial charge is 0.353 e. The van der Waals surface area contributed by atoms with Gasteiger partial charge < -0.3 is 14.8 Å². The lowest BCUT2D eigenvalue weighted by molar-refractivity contribution is 0.0958. The van der Waals surface area contributed by atoms with E-state index in [4.69, 9.17) is 4.99 Å². The predicted molar refractivity (Wildman–Crippen MR) is 107 cm³/mol. The van der Waals surface area contributed by atoms with Gasteiger partial charge in [-0.2, -0.15) is 0 Å². The fourth-order valence-electron chi connectivity index (χ4n) is 5.09. The van der Waals surface area contributed by atoms with Crippen LogP contribution in [0.15, 0.2) is 17.6 Å². The Hall–Kier alpha value is -1.89. The van der Waals surface area contributed by atoms with Crippen LogP contribution in [0.5, 0.6) is 0 Å². The number of fused-ring (bicyclic) bond motifs is 2. The van der Waals surface area contributed by atoms with Crippen LogP contribution < -0.4 is 5.32 Å². The van der Waals surface area contributed by atoms with Crippen molar-refractivity contribution < 1.29 is 0 Å². The summed E-state index contributed by atoms with van der Waals surface area (Å²) in [4.78, 5) is 9.96. The van der Waals surface area contributed by atoms with Gasteiger partial charge in [0.25, 0.3) is 0 Å². The number of hydrogen-bond donors (Lipinski definition) is 1. The predicted octanol–water partition coefficient (Wildman–Crippen LogP) is 1.56. The number of piperazine rings is 1. The van der Waals surface area contributed by atoms with Crippen molar-refractivity contribution in [2.75, 3.05) is 32.7 Å². The van der Waals surface area contributed by atoms with Crippen molar-refractivity contribution in [2.45, 2.75) is 45.2 Å². The molecule has 7 heteroatoms. The van der Waals surface area contributed by atoms with Crippen molar-refractivity contribution in [2.24, 2.45) is 23.9 Å². The van der Waals surface area contributed by atoms with E-state index in [0.717, 1.165) is 68.2 Å². The molecule has 1 aromatic heterocycles. The van der Waals surface area contributed by atoms with E-state index in [1.165, 1.54) is 25.7 Å². The minimum atomic E-state index is 0.545. The molecule has 2 saturated carbocycles. The van der Waals surface area contributed by atoms with Crippen molar-refractivity contribution >= 4 is 5.96 Å². The first-order chi connectivity index (χ1) is 13.2. The Bertz CT molecular complexity index is 687. The molecule has 0 amide bonds. The highest BCUT2D eigenvalue weighted by atomic mass is 15.4. The van der Waals surface area contributed by atoms with Crippen molar-refractivity contribution in [3.63, 3.8) is 0 Å². The van der Waals surface area contributed by atoms with Crippen molar-refractivity contribution in [3.05, 3.63) is 24.3 Å². The monoisotopic (exact) mass is 371 g/mol. The molecule has 1 aromatic rings. The van der Waals surface area contributed by atoms with E-state index in [1.807, 2.05) is 24.6 Å². The molecule has 148 valence electrons. The smallest absolute Gasteiger partial charge is 0.194 e. The minimum absolute atomic E-state index is 0.545. The lowest BCUT2D eigenvalue weighted by Gasteiger charge is -2.42. The topological polar surface area (TPSA) is 61.6 Å². The third kappa shape index (κ3) is 3.88. The van der Waals surface area contributed by atoms with Crippen molar-refractivity contribution in [1.29, 1.82) is 0 Å². The maximum atomic E-state index is 4.83. The molecule has 2 aliphatic carbocycles. The highest BCUT2D eigenvalue weighted by Crippen LogP contribution is 2.46. The van der Waals surface area contributed by atoms with E-state index in [1.54, 1.807) is 0 Å². The zero-order chi connectivity index (χ0) is 18.8. The quantitative estimate of drug-likeness (QED) is 0.484. The molecular weight excluding hydrogens is 338 g/mol. The van der Waals surface area contributed by atoms with Crippen molar-refractivity contribution in [3.8, 4) is 0 Å². The van der Waals surface area contributed by atoms with Crippen LogP contribution in [0.3, 0.4) is 0 Å². The Morgan fingerprint density at radius 3 is 2.63 bits per heavy atom. The van der Waals surface area contributed by atoms with Crippen LogP contribution in [0, 0.1) is 18.8 Å². The summed E-state index contributed by atoms with van der Waals surface area (Å²) in [6, 6.07) is 0.842. The van der Waals surface area contributed by atoms with Gasteiger partial charge in [0.2, 0.25) is 0 Å². The summed E-state index contributed by atoms with van der Waals surface area (Å²) in [5.74, 6) is 4.75. The summed E-state index contributed by atoms with van der Waals surface area (Å²) >= 11 is 0. The van der Waals surface area contributed by atoms with Gasteiger partial charge in [0.05, 0.1) is 0 Å². The molecule has 1 aliphatic heterocycles. The van der Waals surface area contributed by atoms with Gasteiger partial charge in [0, 0.05) is 45.8 Å². The molecule has 7 nitrogen and oxygen atoms in total. The maximum absolute atomic E-state index is 4.83. The van der Waals surface area contributed by atoms with Crippen LogP contribution >= 0.6 is 0 Å². The Morgan fingerprint density at radius 2 is 2.04 bits per heavy atom. The molecule has 3 fully saturated rings. The highest BCUT2D eigenvalue weighted by Gasteiger charge is 2.42. The Kier molecular flexibility index (Phi) is 5.48. The summed E-state index contributed by atoms with van der Waals surface area (Å²) in [7, 11) is 1.99. The van der Waals surface area contributed by atoms with Gasteiger partial charge in [-0.15, -0.1) is 16.8 Å². The SMILES string of the molecule is C=CCNC(=NCc1nnc(C)n1C)N1CCN(C2CC3CCC2C3)CC1. The summed E-state index contributed by atoms with van der Waals surface area (Å²) in [5.41, 5.74) is 0. The normalized spacial score (nSPS) is 28.7. The maximum Gasteiger partial charge on any atom is 0.194 e. The van der Waals surface area contributed by atoms with Gasteiger partial charge in [-0.3, -0.25) is 4.90 Å². The minimum Gasteiger partial charge on any atom is -0.353 e. The lowest BCUT2D eigenvalue weighted by Crippen LogP contribution is -2.55. The average molecular weight is 372 g/mol. The van der Waals surface area contributed by atoms with Gasteiger partial charge in [0.1, 0.15) is 12.4 Å². The Labute approximate surface area is 162 Å². The molecule has 3 aliphatic rings. The molecular formula is C20H33N7. The Balaban J connectivity index is 1.37. The first kappa shape index (κ1) is 18.5. The number of aryl methyl sites for hydroxylation is 1. The fourth-order valence-corrected chi connectivity index (χ4v) is 5.09. The molecule has 1 N–H and O–H groups in total. The second-order valence-electron chi connectivity index (χ2n) is 8.30. The summed E-state index contributed by atoms with van der Waals surface area (Å²) < 4.78 is 2.00. The van der Waals surface area contributed by atoms with Crippen LogP contribution in [0.2, 0.25) is 0 Å². The van der Waals surface area contributed by atoms with Gasteiger partial charge >= 0.3 is 0 Å². The van der Waals surface area contributed by atoms with Gasteiger partial charge in [-0.05, 0) is 38.0 Å². The Morgan fingerprint density at radius 1 is 1.22 bits per heavy atom. The second kappa shape index (κ2) is 8.00. The third-order valence-electron chi connectivity index (χ3n) is 6.74. The van der Waals surface area contributed by atoms with Gasteiger partial charge in [-0.1, -0.05) is 12.5 Å². The molecule has 0 aromatic carbocycles. The standard InChI is InChI=1S/C20H33N7/c1-4-7-21-20(22-14-19-24-23-15(2)25(19)3)27-10-8-26(9-11-27)18-13-16-5-6-17(18)12-16/h4,16-18H,1,5-14H2,2-3H3,(H,21,22). The molecule has 1 saturated heterocycles. The van der Waals surface area contributed by atoms with Crippen LogP contribution in [-0.4, -0.2) is 69.3 Å². The number of aliphatic imine (C=N–C) groups is 1. The summed E-state index contributed by atoms with van der Waals surface area (Å²) in [6.45, 7) is 11.4. The summed E-state index contributed by atoms with van der Waals surface area (Å²) in [5, 5.41) is 11.8. The first-order valence-corrected chi connectivity index (χ1v) is 10.4. The van der Waals surface area contributed by atoms with Gasteiger partial charge in [0.15, 0.2) is 11.8 Å². The van der Waals surface area contributed by atoms with Crippen LogP contribution in [0.1, 0.15) is 37.3 Å². The first-order valence-electron chi connectivity index (χ1n) is 10.4. The third-order valence-corrected chi connectivity index (χ3v) is 6.74. The number of aromatic nitrogens is 3. The van der Waals surface area contributed by atoms with E-state index < -0.39 is 0 Å². The number of rotatable bonds is 5. The zero-order valence-corrected chi connectivity index (χ0v) is 16.8. The number of nitrogens with zero attached hydrogens (tertiary/aromatic N) is 6. The van der Waals surface area contributed by atoms with Crippen LogP contribution in [0.4, 0.5) is 0 Å². The number of hydrogen-bond acceptors (Lipinski definition) is 4. The van der Waals surface area contributed by atoms with E-state index >= 15 is 0 Å². The lowest BCUT2D eigenvalue weighted by atomic mass is 9.93. The van der Waals surface area contributed by atoms with Gasteiger partial charge in [-0.25, -0.2) is 4.99 Å². The molecule has 0 radical (unpaired) electrons. The molecule has 0 spiro atoms. The molecule has 4 rings (SSSR count). The van der Waals surface area contributed by atoms with Crippen molar-refractivity contribution in [1.82, 2.24) is 29.9 Å². The zero-order valence-electron chi connectivity index (χ0n) is 16.8. The molecule has 2 heterocycles. The summed E-state index contributed by atoms with van der Waals surface area (Å²) in [6.07, 6.45) is 7.74. The molecule has 2 bridgehead atoms. The highest BCUT2D eigenvalue weighted by molar-refractivity contribution is 5.80. The van der Waals surface area contributed by atoms with Crippen LogP contribution in [-0.2, 0) is 13.6 Å².